The molecule has 2 aromatic carbocycles. The molecule has 2 aliphatic rings. The van der Waals surface area contributed by atoms with Crippen LogP contribution in [0.1, 0.15) is 30.9 Å². The third-order valence-electron chi connectivity index (χ3n) is 5.96. The van der Waals surface area contributed by atoms with Crippen molar-refractivity contribution in [2.75, 3.05) is 24.7 Å². The van der Waals surface area contributed by atoms with E-state index in [0.717, 1.165) is 24.1 Å². The first-order valence-electron chi connectivity index (χ1n) is 11.1. The number of amides is 2. The van der Waals surface area contributed by atoms with Crippen molar-refractivity contribution in [1.82, 2.24) is 10.7 Å². The van der Waals surface area contributed by atoms with E-state index < -0.39 is 17.8 Å². The van der Waals surface area contributed by atoms with E-state index in [1.54, 1.807) is 29.2 Å². The number of alkyl halides is 3. The lowest BCUT2D eigenvalue weighted by molar-refractivity contribution is -0.0888. The third kappa shape index (κ3) is 5.61. The summed E-state index contributed by atoms with van der Waals surface area (Å²) in [4.78, 5) is 14.7. The van der Waals surface area contributed by atoms with E-state index in [-0.39, 0.29) is 6.03 Å². The van der Waals surface area contributed by atoms with Crippen LogP contribution in [0.15, 0.2) is 59.7 Å². The van der Waals surface area contributed by atoms with Crippen LogP contribution in [0.5, 0.6) is 0 Å². The zero-order chi connectivity index (χ0) is 24.2. The Balaban J connectivity index is 1.44. The van der Waals surface area contributed by atoms with E-state index >= 15 is 0 Å². The molecule has 2 aliphatic heterocycles. The van der Waals surface area contributed by atoms with Crippen molar-refractivity contribution < 1.29 is 27.4 Å². The fraction of sp³-hybridized carbons (Fsp3) is 0.417. The predicted molar refractivity (Wildman–Crippen MR) is 121 cm³/mol. The Morgan fingerprint density at radius 3 is 2.44 bits per heavy atom. The Morgan fingerprint density at radius 2 is 1.82 bits per heavy atom. The van der Waals surface area contributed by atoms with Crippen molar-refractivity contribution >= 4 is 17.6 Å². The van der Waals surface area contributed by atoms with Crippen LogP contribution >= 0.6 is 0 Å². The summed E-state index contributed by atoms with van der Waals surface area (Å²) in [6.07, 6.45) is -2.83. The third-order valence-corrected chi connectivity index (χ3v) is 5.96. The second-order valence-corrected chi connectivity index (χ2v) is 8.52. The van der Waals surface area contributed by atoms with Crippen LogP contribution in [-0.4, -0.2) is 37.9 Å². The number of hydrogen-bond acceptors (Lipinski definition) is 5. The Hall–Kier alpha value is -3.27. The van der Waals surface area contributed by atoms with E-state index in [1.807, 2.05) is 30.3 Å². The van der Waals surface area contributed by atoms with Gasteiger partial charge in [0, 0.05) is 37.9 Å². The summed E-state index contributed by atoms with van der Waals surface area (Å²) < 4.78 is 49.1. The van der Waals surface area contributed by atoms with Gasteiger partial charge in [0.25, 0.3) is 0 Å². The molecule has 1 unspecified atom stereocenters. The molecule has 0 aromatic heterocycles. The van der Waals surface area contributed by atoms with Crippen molar-refractivity contribution in [1.29, 1.82) is 0 Å². The van der Waals surface area contributed by atoms with Crippen LogP contribution in [0.4, 0.5) is 23.7 Å². The molecule has 182 valence electrons. The summed E-state index contributed by atoms with van der Waals surface area (Å²) in [6.45, 7) is 3.77. The first kappa shape index (κ1) is 23.9. The number of benzene rings is 2. The van der Waals surface area contributed by atoms with Crippen molar-refractivity contribution in [3.8, 4) is 0 Å². The maximum absolute atomic E-state index is 13.1. The molecule has 0 aliphatic carbocycles. The summed E-state index contributed by atoms with van der Waals surface area (Å²) in [5.74, 6) is -0.923. The normalized spacial score (nSPS) is 20.8. The average molecular weight is 476 g/mol. The summed E-state index contributed by atoms with van der Waals surface area (Å²) in [7, 11) is 0. The van der Waals surface area contributed by atoms with Crippen LogP contribution in [-0.2, 0) is 21.7 Å². The fourth-order valence-electron chi connectivity index (χ4n) is 3.92. The lowest BCUT2D eigenvalue weighted by Gasteiger charge is -2.27. The molecule has 2 N–H and O–H groups in total. The Bertz CT molecular complexity index is 1010. The van der Waals surface area contributed by atoms with Crippen LogP contribution in [0.3, 0.4) is 0 Å². The highest BCUT2D eigenvalue weighted by Crippen LogP contribution is 2.32. The maximum Gasteiger partial charge on any atom is 0.470 e. The van der Waals surface area contributed by atoms with Gasteiger partial charge in [-0.1, -0.05) is 42.5 Å². The van der Waals surface area contributed by atoms with Gasteiger partial charge in [-0.2, -0.15) is 13.2 Å². The number of rotatable bonds is 6. The molecule has 2 heterocycles. The average Bonchev–Trinajstić information content (AvgIpc) is 3.26. The van der Waals surface area contributed by atoms with Crippen molar-refractivity contribution in [3.63, 3.8) is 0 Å². The highest BCUT2D eigenvalue weighted by Gasteiger charge is 2.47. The van der Waals surface area contributed by atoms with Crippen molar-refractivity contribution in [2.24, 2.45) is 11.0 Å². The molecule has 2 aromatic rings. The first-order valence-corrected chi connectivity index (χ1v) is 11.1. The number of hydrogen-bond donors (Lipinski definition) is 2. The van der Waals surface area contributed by atoms with Crippen LogP contribution in [0.25, 0.3) is 0 Å². The molecule has 0 spiro atoms. The predicted octanol–water partition coefficient (Wildman–Crippen LogP) is 4.50. The number of para-hydroxylation sites is 1. The van der Waals surface area contributed by atoms with Gasteiger partial charge in [0.15, 0.2) is 0 Å². The molecule has 1 saturated heterocycles. The summed E-state index contributed by atoms with van der Waals surface area (Å²) in [6, 6.07) is 16.0. The Kier molecular flexibility index (Phi) is 6.97. The van der Waals surface area contributed by atoms with Gasteiger partial charge in [-0.15, -0.1) is 5.10 Å². The van der Waals surface area contributed by atoms with Crippen LogP contribution < -0.4 is 15.6 Å². The zero-order valence-corrected chi connectivity index (χ0v) is 18.8. The van der Waals surface area contributed by atoms with Gasteiger partial charge in [-0.05, 0) is 36.5 Å². The molecule has 7 nitrogen and oxygen atoms in total. The molecule has 1 fully saturated rings. The summed E-state index contributed by atoms with van der Waals surface area (Å²) in [5, 5.41) is 6.31. The molecule has 4 rings (SSSR count). The smallest absolute Gasteiger partial charge is 0.441 e. The van der Waals surface area contributed by atoms with Gasteiger partial charge in [0.1, 0.15) is 0 Å². The van der Waals surface area contributed by atoms with E-state index in [0.29, 0.717) is 37.8 Å². The van der Waals surface area contributed by atoms with E-state index in [9.17, 15) is 18.0 Å². The van der Waals surface area contributed by atoms with Gasteiger partial charge in [0.05, 0.1) is 6.54 Å². The molecule has 0 bridgehead atoms. The second-order valence-electron chi connectivity index (χ2n) is 8.52. The molecule has 2 amide bonds. The minimum Gasteiger partial charge on any atom is -0.441 e. The minimum absolute atomic E-state index is 0.210. The van der Waals surface area contributed by atoms with Gasteiger partial charge >= 0.3 is 18.1 Å². The molecule has 1 atom stereocenters. The number of halogens is 3. The van der Waals surface area contributed by atoms with Gasteiger partial charge in [0.2, 0.25) is 5.72 Å². The number of nitrogens with one attached hydrogen (secondary N) is 2. The van der Waals surface area contributed by atoms with E-state index in [4.69, 9.17) is 9.47 Å². The summed E-state index contributed by atoms with van der Waals surface area (Å²) >= 11 is 0. The number of hydrazone groups is 1. The molecule has 34 heavy (non-hydrogen) atoms. The van der Waals surface area contributed by atoms with E-state index in [1.165, 1.54) is 6.92 Å². The lowest BCUT2D eigenvalue weighted by atomic mass is 10.0. The monoisotopic (exact) mass is 476 g/mol. The quantitative estimate of drug-likeness (QED) is 0.644. The molecular formula is C24H27F3N4O3. The number of nitrogens with zero attached hydrogens (tertiary/aromatic N) is 2. The van der Waals surface area contributed by atoms with Crippen molar-refractivity contribution in [2.45, 2.75) is 38.2 Å². The number of ether oxygens (including phenoxy) is 2. The number of carbonyl (C=O) groups is 1. The number of urea groups is 1. The zero-order valence-electron chi connectivity index (χ0n) is 18.8. The number of carbonyl (C=O) groups excluding carboxylic acids is 1. The van der Waals surface area contributed by atoms with Gasteiger partial charge in [-0.25, -0.2) is 4.79 Å². The standard InChI is InChI=1S/C24H27F3N4O3/c1-23(30-29-21(34-23)24(25,26)27)19-9-7-18(8-10-19)16-31(20-5-3-2-4-6-20)22(32)28-15-17-11-13-33-14-12-17/h2-10,17,30H,11-16H2,1H3,(H,28,32). The maximum atomic E-state index is 13.1. The highest BCUT2D eigenvalue weighted by atomic mass is 19.4. The molecule has 0 radical (unpaired) electrons. The SMILES string of the molecule is CC1(c2ccc(CN(C(=O)NCC3CCOCC3)c3ccccc3)cc2)NN=C(C(F)(F)F)O1. The number of anilines is 1. The van der Waals surface area contributed by atoms with Gasteiger partial charge in [-0.3, -0.25) is 10.3 Å². The molecule has 0 saturated carbocycles. The topological polar surface area (TPSA) is 75.2 Å². The Labute approximate surface area is 195 Å². The molecular weight excluding hydrogens is 449 g/mol. The fourth-order valence-corrected chi connectivity index (χ4v) is 3.92. The Morgan fingerprint density at radius 1 is 1.15 bits per heavy atom. The van der Waals surface area contributed by atoms with Crippen LogP contribution in [0, 0.1) is 5.92 Å². The first-order chi connectivity index (χ1) is 16.2. The second kappa shape index (κ2) is 9.92. The van der Waals surface area contributed by atoms with Gasteiger partial charge < -0.3 is 14.8 Å². The van der Waals surface area contributed by atoms with E-state index in [2.05, 4.69) is 15.8 Å². The molecule has 10 heteroatoms. The highest BCUT2D eigenvalue weighted by molar-refractivity contribution is 5.91. The minimum atomic E-state index is -4.67. The lowest BCUT2D eigenvalue weighted by Crippen LogP contribution is -2.42. The summed E-state index contributed by atoms with van der Waals surface area (Å²) in [5.41, 5.74) is 3.03. The van der Waals surface area contributed by atoms with Crippen LogP contribution in [0.2, 0.25) is 0 Å². The largest absolute Gasteiger partial charge is 0.470 e. The van der Waals surface area contributed by atoms with Crippen molar-refractivity contribution in [3.05, 3.63) is 65.7 Å².